The van der Waals surface area contributed by atoms with E-state index >= 15 is 0 Å². The van der Waals surface area contributed by atoms with Crippen molar-refractivity contribution in [2.45, 2.75) is 26.3 Å². The molecule has 29 heavy (non-hydrogen) atoms. The van der Waals surface area contributed by atoms with Crippen LogP contribution in [0.4, 0.5) is 5.69 Å². The van der Waals surface area contributed by atoms with Gasteiger partial charge in [-0.15, -0.1) is 0 Å². The summed E-state index contributed by atoms with van der Waals surface area (Å²) in [4.78, 5) is 29.9. The van der Waals surface area contributed by atoms with Crippen molar-refractivity contribution in [2.24, 2.45) is 0 Å². The summed E-state index contributed by atoms with van der Waals surface area (Å²) in [5, 5.41) is 5.68. The summed E-state index contributed by atoms with van der Waals surface area (Å²) >= 11 is 0. The fraction of sp³-hybridized carbons (Fsp3) is 0.286. The Hall–Kier alpha value is -3.55. The number of rotatable bonds is 7. The van der Waals surface area contributed by atoms with E-state index in [1.165, 1.54) is 7.11 Å². The van der Waals surface area contributed by atoms with Gasteiger partial charge in [-0.2, -0.15) is 0 Å². The SMILES string of the molecule is CCC(C)NC(=O)c1nc(C(=O)Nc2ccc(OC)cc2OC)c2ccccn12. The summed E-state index contributed by atoms with van der Waals surface area (Å²) in [6.45, 7) is 3.90. The van der Waals surface area contributed by atoms with E-state index in [4.69, 9.17) is 9.47 Å². The molecule has 3 rings (SSSR count). The molecule has 2 amide bonds. The second-order valence-electron chi connectivity index (χ2n) is 6.54. The number of amides is 2. The zero-order valence-corrected chi connectivity index (χ0v) is 16.9. The molecule has 0 aliphatic heterocycles. The Kier molecular flexibility index (Phi) is 6.01. The van der Waals surface area contributed by atoms with Crippen LogP contribution in [-0.2, 0) is 0 Å². The molecule has 0 aliphatic rings. The second-order valence-corrected chi connectivity index (χ2v) is 6.54. The van der Waals surface area contributed by atoms with Crippen LogP contribution < -0.4 is 20.1 Å². The van der Waals surface area contributed by atoms with E-state index in [0.29, 0.717) is 22.7 Å². The summed E-state index contributed by atoms with van der Waals surface area (Å²) in [5.41, 5.74) is 1.16. The molecule has 8 nitrogen and oxygen atoms in total. The van der Waals surface area contributed by atoms with Crippen molar-refractivity contribution in [1.82, 2.24) is 14.7 Å². The topological polar surface area (TPSA) is 94.0 Å². The molecule has 0 saturated heterocycles. The van der Waals surface area contributed by atoms with Crippen LogP contribution in [0.25, 0.3) is 5.52 Å². The molecular formula is C21H24N4O4. The number of carbonyl (C=O) groups excluding carboxylic acids is 2. The molecule has 1 aromatic carbocycles. The zero-order valence-electron chi connectivity index (χ0n) is 16.9. The maximum absolute atomic E-state index is 13.0. The molecule has 0 fully saturated rings. The van der Waals surface area contributed by atoms with Crippen molar-refractivity contribution in [3.63, 3.8) is 0 Å². The van der Waals surface area contributed by atoms with Crippen LogP contribution in [0.1, 0.15) is 41.4 Å². The summed E-state index contributed by atoms with van der Waals surface area (Å²) in [7, 11) is 3.06. The lowest BCUT2D eigenvalue weighted by Crippen LogP contribution is -2.33. The molecule has 3 aromatic rings. The Morgan fingerprint density at radius 1 is 1.14 bits per heavy atom. The zero-order chi connectivity index (χ0) is 21.0. The number of aromatic nitrogens is 2. The molecule has 152 valence electrons. The molecule has 0 aliphatic carbocycles. The molecule has 8 heteroatoms. The Bertz CT molecular complexity index is 1040. The maximum atomic E-state index is 13.0. The van der Waals surface area contributed by atoms with Crippen LogP contribution in [-0.4, -0.2) is 41.5 Å². The lowest BCUT2D eigenvalue weighted by atomic mass is 10.2. The largest absolute Gasteiger partial charge is 0.497 e. The average molecular weight is 396 g/mol. The highest BCUT2D eigenvalue weighted by Gasteiger charge is 2.23. The maximum Gasteiger partial charge on any atom is 0.287 e. The van der Waals surface area contributed by atoms with Gasteiger partial charge in [-0.25, -0.2) is 4.98 Å². The van der Waals surface area contributed by atoms with Gasteiger partial charge in [0.15, 0.2) is 5.69 Å². The number of hydrogen-bond acceptors (Lipinski definition) is 5. The number of anilines is 1. The fourth-order valence-corrected chi connectivity index (χ4v) is 2.84. The Labute approximate surface area is 168 Å². The smallest absolute Gasteiger partial charge is 0.287 e. The van der Waals surface area contributed by atoms with Crippen LogP contribution in [0.15, 0.2) is 42.6 Å². The van der Waals surface area contributed by atoms with Crippen LogP contribution in [0.2, 0.25) is 0 Å². The van der Waals surface area contributed by atoms with Gasteiger partial charge < -0.3 is 20.1 Å². The van der Waals surface area contributed by atoms with Crippen LogP contribution in [0.5, 0.6) is 11.5 Å². The van der Waals surface area contributed by atoms with Crippen LogP contribution in [0, 0.1) is 0 Å². The third kappa shape index (κ3) is 4.16. The summed E-state index contributed by atoms with van der Waals surface area (Å²) in [6.07, 6.45) is 2.50. The van der Waals surface area contributed by atoms with E-state index in [1.54, 1.807) is 54.1 Å². The predicted octanol–water partition coefficient (Wildman–Crippen LogP) is 3.13. The van der Waals surface area contributed by atoms with E-state index in [1.807, 2.05) is 13.8 Å². The first-order chi connectivity index (χ1) is 14.0. The highest BCUT2D eigenvalue weighted by Crippen LogP contribution is 2.29. The molecule has 2 heterocycles. The lowest BCUT2D eigenvalue weighted by Gasteiger charge is -2.11. The highest BCUT2D eigenvalue weighted by atomic mass is 16.5. The monoisotopic (exact) mass is 396 g/mol. The van der Waals surface area contributed by atoms with Crippen molar-refractivity contribution in [1.29, 1.82) is 0 Å². The number of fused-ring (bicyclic) bond motifs is 1. The van der Waals surface area contributed by atoms with Crippen LogP contribution in [0.3, 0.4) is 0 Å². The number of pyridine rings is 1. The molecular weight excluding hydrogens is 372 g/mol. The first kappa shape index (κ1) is 20.2. The van der Waals surface area contributed by atoms with Gasteiger partial charge in [0.25, 0.3) is 11.8 Å². The van der Waals surface area contributed by atoms with Crippen molar-refractivity contribution in [2.75, 3.05) is 19.5 Å². The van der Waals surface area contributed by atoms with Crippen molar-refractivity contribution in [3.05, 3.63) is 54.1 Å². The number of nitrogens with one attached hydrogen (secondary N) is 2. The Morgan fingerprint density at radius 2 is 1.93 bits per heavy atom. The third-order valence-corrected chi connectivity index (χ3v) is 4.61. The molecule has 1 atom stereocenters. The molecule has 2 N–H and O–H groups in total. The van der Waals surface area contributed by atoms with Crippen molar-refractivity contribution >= 4 is 23.0 Å². The van der Waals surface area contributed by atoms with Gasteiger partial charge in [-0.05, 0) is 37.6 Å². The highest BCUT2D eigenvalue weighted by molar-refractivity contribution is 6.09. The lowest BCUT2D eigenvalue weighted by molar-refractivity contribution is 0.0928. The van der Waals surface area contributed by atoms with Gasteiger partial charge in [0.2, 0.25) is 5.82 Å². The minimum atomic E-state index is -0.445. The standard InChI is InChI=1S/C21H24N4O4/c1-5-13(2)22-21(27)19-24-18(16-8-6-7-11-25(16)19)20(26)23-15-10-9-14(28-3)12-17(15)29-4/h6-13H,5H2,1-4H3,(H,22,27)(H,23,26). The number of nitrogens with zero attached hydrogens (tertiary/aromatic N) is 2. The molecule has 0 spiro atoms. The molecule has 0 saturated carbocycles. The van der Waals surface area contributed by atoms with E-state index in [2.05, 4.69) is 15.6 Å². The van der Waals surface area contributed by atoms with E-state index in [0.717, 1.165) is 6.42 Å². The van der Waals surface area contributed by atoms with Gasteiger partial charge in [0, 0.05) is 18.3 Å². The minimum absolute atomic E-state index is 0.000556. The van der Waals surface area contributed by atoms with Gasteiger partial charge in [0.05, 0.1) is 25.4 Å². The quantitative estimate of drug-likeness (QED) is 0.640. The Morgan fingerprint density at radius 3 is 2.62 bits per heavy atom. The fourth-order valence-electron chi connectivity index (χ4n) is 2.84. The first-order valence-electron chi connectivity index (χ1n) is 9.29. The molecule has 2 aromatic heterocycles. The van der Waals surface area contributed by atoms with E-state index < -0.39 is 5.91 Å². The van der Waals surface area contributed by atoms with Gasteiger partial charge >= 0.3 is 0 Å². The number of ether oxygens (including phenoxy) is 2. The second kappa shape index (κ2) is 8.64. The normalized spacial score (nSPS) is 11.7. The third-order valence-electron chi connectivity index (χ3n) is 4.61. The summed E-state index contributed by atoms with van der Waals surface area (Å²) in [6, 6.07) is 10.4. The van der Waals surface area contributed by atoms with E-state index in [-0.39, 0.29) is 23.5 Å². The molecule has 0 bridgehead atoms. The average Bonchev–Trinajstić information content (AvgIpc) is 3.13. The number of benzene rings is 1. The van der Waals surface area contributed by atoms with E-state index in [9.17, 15) is 9.59 Å². The number of hydrogen-bond donors (Lipinski definition) is 2. The number of methoxy groups -OCH3 is 2. The number of carbonyl (C=O) groups is 2. The molecule has 1 unspecified atom stereocenters. The minimum Gasteiger partial charge on any atom is -0.497 e. The van der Waals surface area contributed by atoms with Crippen molar-refractivity contribution in [3.8, 4) is 11.5 Å². The predicted molar refractivity (Wildman–Crippen MR) is 110 cm³/mol. The molecule has 0 radical (unpaired) electrons. The van der Waals surface area contributed by atoms with Crippen molar-refractivity contribution < 1.29 is 19.1 Å². The summed E-state index contributed by atoms with van der Waals surface area (Å²) in [5.74, 6) is 0.446. The van der Waals surface area contributed by atoms with Crippen LogP contribution >= 0.6 is 0 Å². The first-order valence-corrected chi connectivity index (χ1v) is 9.29. The Balaban J connectivity index is 1.96. The summed E-state index contributed by atoms with van der Waals surface area (Å²) < 4.78 is 12.1. The van der Waals surface area contributed by atoms with Gasteiger partial charge in [-0.3, -0.25) is 14.0 Å². The van der Waals surface area contributed by atoms with Gasteiger partial charge in [0.1, 0.15) is 11.5 Å². The number of imidazole rings is 1. The van der Waals surface area contributed by atoms with Gasteiger partial charge in [-0.1, -0.05) is 13.0 Å².